The van der Waals surface area contributed by atoms with Gasteiger partial charge in [0.25, 0.3) is 0 Å². The first kappa shape index (κ1) is 16.5. The van der Waals surface area contributed by atoms with E-state index in [1.54, 1.807) is 6.92 Å². The lowest BCUT2D eigenvalue weighted by atomic mass is 9.96. The molecule has 5 nitrogen and oxygen atoms in total. The predicted molar refractivity (Wildman–Crippen MR) is 78.5 cm³/mol. The Hall–Kier alpha value is -1.59. The normalized spacial score (nSPS) is 13.6. The van der Waals surface area contributed by atoms with Gasteiger partial charge in [0.05, 0.1) is 6.54 Å². The zero-order valence-corrected chi connectivity index (χ0v) is 12.2. The molecule has 0 heterocycles. The average molecular weight is 280 g/mol. The van der Waals surface area contributed by atoms with Gasteiger partial charge < -0.3 is 20.5 Å². The van der Waals surface area contributed by atoms with E-state index in [9.17, 15) is 9.90 Å². The van der Waals surface area contributed by atoms with Gasteiger partial charge in [0.2, 0.25) is 0 Å². The van der Waals surface area contributed by atoms with E-state index in [0.717, 1.165) is 12.0 Å². The molecular weight excluding hydrogens is 256 g/mol. The second-order valence-corrected chi connectivity index (χ2v) is 4.80. The number of carbonyl (C=O) groups excluding carboxylic acids is 1. The molecule has 0 radical (unpaired) electrons. The molecule has 0 aliphatic carbocycles. The minimum atomic E-state index is -1.08. The van der Waals surface area contributed by atoms with E-state index >= 15 is 0 Å². The molecule has 0 aromatic heterocycles. The molecule has 0 saturated carbocycles. The number of hydrogen-bond acceptors (Lipinski definition) is 3. The van der Waals surface area contributed by atoms with Crippen LogP contribution >= 0.6 is 0 Å². The minimum Gasteiger partial charge on any atom is -0.384 e. The number of hydrogen-bond donors (Lipinski definition) is 3. The van der Waals surface area contributed by atoms with Gasteiger partial charge in [0.15, 0.2) is 0 Å². The second kappa shape index (κ2) is 8.55. The zero-order valence-electron chi connectivity index (χ0n) is 12.2. The van der Waals surface area contributed by atoms with Crippen LogP contribution < -0.4 is 10.6 Å². The summed E-state index contributed by atoms with van der Waals surface area (Å²) < 4.78 is 5.18. The maximum atomic E-state index is 11.6. The molecule has 0 aliphatic heterocycles. The Morgan fingerprint density at radius 3 is 2.65 bits per heavy atom. The van der Waals surface area contributed by atoms with Crippen LogP contribution in [0.3, 0.4) is 0 Å². The van der Waals surface area contributed by atoms with E-state index in [1.165, 1.54) is 0 Å². The SMILES string of the molecule is CCOCCCNC(=O)NCC(C)(O)c1ccccc1. The maximum Gasteiger partial charge on any atom is 0.314 e. The van der Waals surface area contributed by atoms with Crippen LogP contribution in [0.2, 0.25) is 0 Å². The number of nitrogens with one attached hydrogen (secondary N) is 2. The van der Waals surface area contributed by atoms with Gasteiger partial charge in [-0.15, -0.1) is 0 Å². The lowest BCUT2D eigenvalue weighted by Crippen LogP contribution is -2.43. The molecule has 0 aliphatic rings. The van der Waals surface area contributed by atoms with Gasteiger partial charge in [0.1, 0.15) is 5.60 Å². The summed E-state index contributed by atoms with van der Waals surface area (Å²) in [4.78, 5) is 11.6. The molecule has 3 N–H and O–H groups in total. The van der Waals surface area contributed by atoms with Crippen LogP contribution in [0.5, 0.6) is 0 Å². The Labute approximate surface area is 120 Å². The highest BCUT2D eigenvalue weighted by Crippen LogP contribution is 2.18. The van der Waals surface area contributed by atoms with Gasteiger partial charge >= 0.3 is 6.03 Å². The van der Waals surface area contributed by atoms with E-state index in [0.29, 0.717) is 19.8 Å². The first-order valence-electron chi connectivity index (χ1n) is 6.93. The van der Waals surface area contributed by atoms with Crippen molar-refractivity contribution in [2.75, 3.05) is 26.3 Å². The maximum absolute atomic E-state index is 11.6. The number of rotatable bonds is 8. The first-order valence-corrected chi connectivity index (χ1v) is 6.93. The third-order valence-corrected chi connectivity index (χ3v) is 2.94. The molecule has 1 aromatic rings. The number of benzene rings is 1. The third kappa shape index (κ3) is 6.04. The molecular formula is C15H24N2O3. The largest absolute Gasteiger partial charge is 0.384 e. The van der Waals surface area contributed by atoms with Crippen LogP contribution in [0.25, 0.3) is 0 Å². The molecule has 1 aromatic carbocycles. The lowest BCUT2D eigenvalue weighted by molar-refractivity contribution is 0.0593. The molecule has 1 rings (SSSR count). The predicted octanol–water partition coefficient (Wildman–Crippen LogP) is 1.62. The molecule has 20 heavy (non-hydrogen) atoms. The molecule has 1 atom stereocenters. The fraction of sp³-hybridized carbons (Fsp3) is 0.533. The topological polar surface area (TPSA) is 70.6 Å². The smallest absolute Gasteiger partial charge is 0.314 e. The highest BCUT2D eigenvalue weighted by Gasteiger charge is 2.23. The van der Waals surface area contributed by atoms with Crippen molar-refractivity contribution in [1.29, 1.82) is 0 Å². The number of amides is 2. The van der Waals surface area contributed by atoms with Gasteiger partial charge in [-0.2, -0.15) is 0 Å². The van der Waals surface area contributed by atoms with Crippen LogP contribution in [-0.2, 0) is 10.3 Å². The Morgan fingerprint density at radius 2 is 2.00 bits per heavy atom. The minimum absolute atomic E-state index is 0.161. The summed E-state index contributed by atoms with van der Waals surface area (Å²) in [6.07, 6.45) is 0.774. The lowest BCUT2D eigenvalue weighted by Gasteiger charge is -2.24. The summed E-state index contributed by atoms with van der Waals surface area (Å²) in [5.41, 5.74) is -0.305. The Balaban J connectivity index is 2.26. The summed E-state index contributed by atoms with van der Waals surface area (Å²) in [6, 6.07) is 8.99. The van der Waals surface area contributed by atoms with E-state index in [2.05, 4.69) is 10.6 Å². The first-order chi connectivity index (χ1) is 9.56. The van der Waals surface area contributed by atoms with Crippen LogP contribution in [0.1, 0.15) is 25.8 Å². The van der Waals surface area contributed by atoms with E-state index in [-0.39, 0.29) is 12.6 Å². The zero-order chi connectivity index (χ0) is 14.8. The van der Waals surface area contributed by atoms with Gasteiger partial charge in [-0.3, -0.25) is 0 Å². The number of aliphatic hydroxyl groups is 1. The van der Waals surface area contributed by atoms with E-state index < -0.39 is 5.60 Å². The van der Waals surface area contributed by atoms with Crippen molar-refractivity contribution < 1.29 is 14.6 Å². The third-order valence-electron chi connectivity index (χ3n) is 2.94. The molecule has 0 bridgehead atoms. The molecule has 0 spiro atoms. The standard InChI is InChI=1S/C15H24N2O3/c1-3-20-11-7-10-16-14(18)17-12-15(2,19)13-8-5-4-6-9-13/h4-6,8-9,19H,3,7,10-12H2,1-2H3,(H2,16,17,18). The Morgan fingerprint density at radius 1 is 1.30 bits per heavy atom. The van der Waals surface area contributed by atoms with Crippen molar-refractivity contribution >= 4 is 6.03 Å². The second-order valence-electron chi connectivity index (χ2n) is 4.80. The van der Waals surface area contributed by atoms with E-state index in [4.69, 9.17) is 4.74 Å². The fourth-order valence-corrected chi connectivity index (χ4v) is 1.73. The molecule has 1 unspecified atom stereocenters. The molecule has 0 fully saturated rings. The monoisotopic (exact) mass is 280 g/mol. The van der Waals surface area contributed by atoms with Crippen LogP contribution in [0.15, 0.2) is 30.3 Å². The molecule has 112 valence electrons. The summed E-state index contributed by atoms with van der Waals surface area (Å²) in [5.74, 6) is 0. The molecule has 0 saturated heterocycles. The Bertz CT molecular complexity index is 393. The van der Waals surface area contributed by atoms with Crippen LogP contribution in [0.4, 0.5) is 4.79 Å². The highest BCUT2D eigenvalue weighted by atomic mass is 16.5. The van der Waals surface area contributed by atoms with Gasteiger partial charge in [0, 0.05) is 19.8 Å². The van der Waals surface area contributed by atoms with Crippen molar-refractivity contribution in [3.05, 3.63) is 35.9 Å². The van der Waals surface area contributed by atoms with Crippen molar-refractivity contribution in [1.82, 2.24) is 10.6 Å². The summed E-state index contributed by atoms with van der Waals surface area (Å²) in [5, 5.41) is 15.7. The Kier molecular flexibility index (Phi) is 7.04. The quantitative estimate of drug-likeness (QED) is 0.634. The van der Waals surface area contributed by atoms with Gasteiger partial charge in [-0.1, -0.05) is 30.3 Å². The molecule has 2 amide bonds. The number of ether oxygens (including phenoxy) is 1. The summed E-state index contributed by atoms with van der Waals surface area (Å²) >= 11 is 0. The van der Waals surface area contributed by atoms with Gasteiger partial charge in [-0.25, -0.2) is 4.79 Å². The highest BCUT2D eigenvalue weighted by molar-refractivity contribution is 5.73. The summed E-state index contributed by atoms with van der Waals surface area (Å²) in [6.45, 7) is 5.65. The fourth-order valence-electron chi connectivity index (χ4n) is 1.73. The van der Waals surface area contributed by atoms with Crippen molar-refractivity contribution in [3.8, 4) is 0 Å². The molecule has 5 heteroatoms. The number of urea groups is 1. The van der Waals surface area contributed by atoms with Gasteiger partial charge in [-0.05, 0) is 25.8 Å². The average Bonchev–Trinajstić information content (AvgIpc) is 2.46. The van der Waals surface area contributed by atoms with Crippen molar-refractivity contribution in [2.24, 2.45) is 0 Å². The van der Waals surface area contributed by atoms with Crippen LogP contribution in [0, 0.1) is 0 Å². The van der Waals surface area contributed by atoms with E-state index in [1.807, 2.05) is 37.3 Å². The van der Waals surface area contributed by atoms with Crippen molar-refractivity contribution in [3.63, 3.8) is 0 Å². The van der Waals surface area contributed by atoms with Crippen LogP contribution in [-0.4, -0.2) is 37.4 Å². The van der Waals surface area contributed by atoms with Crippen molar-refractivity contribution in [2.45, 2.75) is 25.9 Å². The number of carbonyl (C=O) groups is 1. The summed E-state index contributed by atoms with van der Waals surface area (Å²) in [7, 11) is 0.